The molecule has 1 aromatic carbocycles. The third-order valence-corrected chi connectivity index (χ3v) is 2.34. The Hall–Kier alpha value is -2.41. The van der Waals surface area contributed by atoms with Crippen LogP contribution < -0.4 is 10.6 Å². The number of nitrogens with one attached hydrogen (secondary N) is 2. The third-order valence-electron chi connectivity index (χ3n) is 2.34. The number of carbonyl (C=O) groups excluding carboxylic acids is 2. The van der Waals surface area contributed by atoms with E-state index in [0.717, 1.165) is 0 Å². The Bertz CT molecular complexity index is 513. The third kappa shape index (κ3) is 4.07. The summed E-state index contributed by atoms with van der Waals surface area (Å²) in [5, 5.41) is 21.9. The highest BCUT2D eigenvalue weighted by Gasteiger charge is 2.15. The molecule has 0 aliphatic rings. The number of rotatable bonds is 4. The van der Waals surface area contributed by atoms with Crippen LogP contribution in [0.5, 0.6) is 0 Å². The first kappa shape index (κ1) is 14.7. The number of aromatic carboxylic acids is 1. The van der Waals surface area contributed by atoms with Crippen LogP contribution in [-0.4, -0.2) is 41.1 Å². The van der Waals surface area contributed by atoms with Gasteiger partial charge in [-0.3, -0.25) is 9.59 Å². The van der Waals surface area contributed by atoms with Gasteiger partial charge in [-0.25, -0.2) is 4.79 Å². The van der Waals surface area contributed by atoms with Crippen LogP contribution in [0.3, 0.4) is 0 Å². The molecule has 2 amide bonds. The summed E-state index contributed by atoms with van der Waals surface area (Å²) in [6, 6.07) is 4.21. The number of carboxylic acids is 1. The van der Waals surface area contributed by atoms with E-state index in [1.165, 1.54) is 18.2 Å². The lowest BCUT2D eigenvalue weighted by Crippen LogP contribution is -2.37. The Morgan fingerprint density at radius 2 is 1.89 bits per heavy atom. The van der Waals surface area contributed by atoms with Gasteiger partial charge >= 0.3 is 17.8 Å². The lowest BCUT2D eigenvalue weighted by Gasteiger charge is -2.09. The number of carboxylic acid groups (broad SMARTS) is 1. The lowest BCUT2D eigenvalue weighted by molar-refractivity contribution is -0.136. The number of hydrogen-bond acceptors (Lipinski definition) is 4. The SMILES string of the molecule is Cc1ccc(C(=O)O)cc1NC(=O)C(=O)NCCO. The fourth-order valence-electron chi connectivity index (χ4n) is 1.32. The highest BCUT2D eigenvalue weighted by Crippen LogP contribution is 2.16. The summed E-state index contributed by atoms with van der Waals surface area (Å²) in [4.78, 5) is 33.6. The molecule has 7 heteroatoms. The Kier molecular flexibility index (Phi) is 5.01. The van der Waals surface area contributed by atoms with E-state index >= 15 is 0 Å². The van der Waals surface area contributed by atoms with Crippen molar-refractivity contribution in [2.75, 3.05) is 18.5 Å². The maximum atomic E-state index is 11.5. The molecule has 0 saturated carbocycles. The van der Waals surface area contributed by atoms with Crippen LogP contribution >= 0.6 is 0 Å². The second-order valence-electron chi connectivity index (χ2n) is 3.77. The number of aliphatic hydroxyl groups is 1. The minimum atomic E-state index is -1.12. The molecule has 102 valence electrons. The molecule has 4 N–H and O–H groups in total. The van der Waals surface area contributed by atoms with Crippen LogP contribution in [-0.2, 0) is 9.59 Å². The van der Waals surface area contributed by atoms with Gasteiger partial charge in [0.25, 0.3) is 0 Å². The average molecular weight is 266 g/mol. The monoisotopic (exact) mass is 266 g/mol. The van der Waals surface area contributed by atoms with Crippen LogP contribution in [0, 0.1) is 6.92 Å². The predicted octanol–water partition coefficient (Wildman–Crippen LogP) is -0.260. The van der Waals surface area contributed by atoms with Gasteiger partial charge in [0, 0.05) is 12.2 Å². The van der Waals surface area contributed by atoms with Crippen molar-refractivity contribution in [3.8, 4) is 0 Å². The van der Waals surface area contributed by atoms with E-state index in [4.69, 9.17) is 10.2 Å². The molecule has 0 aliphatic carbocycles. The number of amides is 2. The lowest BCUT2D eigenvalue weighted by atomic mass is 10.1. The Morgan fingerprint density at radius 1 is 1.21 bits per heavy atom. The van der Waals surface area contributed by atoms with Gasteiger partial charge in [-0.2, -0.15) is 0 Å². The van der Waals surface area contributed by atoms with E-state index in [0.29, 0.717) is 5.56 Å². The van der Waals surface area contributed by atoms with E-state index in [2.05, 4.69) is 10.6 Å². The van der Waals surface area contributed by atoms with Crippen LogP contribution in [0.2, 0.25) is 0 Å². The van der Waals surface area contributed by atoms with Gasteiger partial charge in [0.15, 0.2) is 0 Å². The Labute approximate surface area is 109 Å². The maximum absolute atomic E-state index is 11.5. The van der Waals surface area contributed by atoms with Gasteiger partial charge in [0.2, 0.25) is 0 Å². The van der Waals surface area contributed by atoms with Gasteiger partial charge in [-0.15, -0.1) is 0 Å². The molecule has 1 rings (SSSR count). The fraction of sp³-hybridized carbons (Fsp3) is 0.250. The van der Waals surface area contributed by atoms with Crippen molar-refractivity contribution in [3.63, 3.8) is 0 Å². The average Bonchev–Trinajstić information content (AvgIpc) is 2.38. The van der Waals surface area contributed by atoms with Gasteiger partial charge in [0.1, 0.15) is 0 Å². The molecule has 0 spiro atoms. The van der Waals surface area contributed by atoms with E-state index in [9.17, 15) is 14.4 Å². The molecule has 1 aromatic rings. The Morgan fingerprint density at radius 3 is 2.47 bits per heavy atom. The molecule has 7 nitrogen and oxygen atoms in total. The largest absolute Gasteiger partial charge is 0.478 e. The molecule has 0 heterocycles. The van der Waals surface area contributed by atoms with E-state index in [-0.39, 0.29) is 24.4 Å². The van der Waals surface area contributed by atoms with Crippen molar-refractivity contribution in [1.29, 1.82) is 0 Å². The van der Waals surface area contributed by atoms with Crippen molar-refractivity contribution in [1.82, 2.24) is 5.32 Å². The fourth-order valence-corrected chi connectivity index (χ4v) is 1.32. The van der Waals surface area contributed by atoms with E-state index in [1.807, 2.05) is 0 Å². The van der Waals surface area contributed by atoms with Crippen molar-refractivity contribution in [2.24, 2.45) is 0 Å². The number of anilines is 1. The highest BCUT2D eigenvalue weighted by atomic mass is 16.4. The molecule has 0 saturated heterocycles. The van der Waals surface area contributed by atoms with Crippen molar-refractivity contribution in [3.05, 3.63) is 29.3 Å². The number of aliphatic hydroxyl groups excluding tert-OH is 1. The molecular weight excluding hydrogens is 252 g/mol. The zero-order valence-electron chi connectivity index (χ0n) is 10.3. The summed E-state index contributed by atoms with van der Waals surface area (Å²) < 4.78 is 0. The van der Waals surface area contributed by atoms with Crippen molar-refractivity contribution in [2.45, 2.75) is 6.92 Å². The molecule has 0 radical (unpaired) electrons. The standard InChI is InChI=1S/C12H14N2O5/c1-7-2-3-8(12(18)19)6-9(7)14-11(17)10(16)13-4-5-15/h2-3,6,15H,4-5H2,1H3,(H,13,16)(H,14,17)(H,18,19). The maximum Gasteiger partial charge on any atom is 0.335 e. The molecule has 0 unspecified atom stereocenters. The number of hydrogen-bond donors (Lipinski definition) is 4. The molecule has 0 aromatic heterocycles. The van der Waals surface area contributed by atoms with E-state index < -0.39 is 17.8 Å². The summed E-state index contributed by atoms with van der Waals surface area (Å²) in [5.74, 6) is -2.94. The van der Waals surface area contributed by atoms with E-state index in [1.54, 1.807) is 6.92 Å². The first-order valence-electron chi connectivity index (χ1n) is 5.49. The first-order valence-corrected chi connectivity index (χ1v) is 5.49. The van der Waals surface area contributed by atoms with Crippen LogP contribution in [0.25, 0.3) is 0 Å². The second-order valence-corrected chi connectivity index (χ2v) is 3.77. The van der Waals surface area contributed by atoms with Crippen LogP contribution in [0.4, 0.5) is 5.69 Å². The molecule has 0 atom stereocenters. The minimum Gasteiger partial charge on any atom is -0.478 e. The molecule has 0 aliphatic heterocycles. The van der Waals surface area contributed by atoms with Crippen LogP contribution in [0.1, 0.15) is 15.9 Å². The number of aryl methyl sites for hydroxylation is 1. The predicted molar refractivity (Wildman–Crippen MR) is 66.9 cm³/mol. The van der Waals surface area contributed by atoms with Gasteiger partial charge in [-0.05, 0) is 24.6 Å². The highest BCUT2D eigenvalue weighted by molar-refractivity contribution is 6.39. The van der Waals surface area contributed by atoms with Gasteiger partial charge in [-0.1, -0.05) is 6.07 Å². The summed E-state index contributed by atoms with van der Waals surface area (Å²) in [6.45, 7) is 1.37. The summed E-state index contributed by atoms with van der Waals surface area (Å²) >= 11 is 0. The van der Waals surface area contributed by atoms with Crippen LogP contribution in [0.15, 0.2) is 18.2 Å². The topological polar surface area (TPSA) is 116 Å². The summed E-state index contributed by atoms with van der Waals surface area (Å²) in [6.07, 6.45) is 0. The summed E-state index contributed by atoms with van der Waals surface area (Å²) in [5.41, 5.74) is 0.897. The second kappa shape index (κ2) is 6.50. The first-order chi connectivity index (χ1) is 8.95. The van der Waals surface area contributed by atoms with Crippen molar-refractivity contribution >= 4 is 23.5 Å². The molecule has 0 fully saturated rings. The zero-order chi connectivity index (χ0) is 14.4. The Balaban J connectivity index is 2.81. The molecule has 19 heavy (non-hydrogen) atoms. The quantitative estimate of drug-likeness (QED) is 0.560. The molecule has 0 bridgehead atoms. The summed E-state index contributed by atoms with van der Waals surface area (Å²) in [7, 11) is 0. The van der Waals surface area contributed by atoms with Gasteiger partial charge < -0.3 is 20.8 Å². The normalized spacial score (nSPS) is 9.79. The van der Waals surface area contributed by atoms with Gasteiger partial charge in [0.05, 0.1) is 12.2 Å². The van der Waals surface area contributed by atoms with Crippen molar-refractivity contribution < 1.29 is 24.6 Å². The number of carbonyl (C=O) groups is 3. The number of benzene rings is 1. The zero-order valence-corrected chi connectivity index (χ0v) is 10.3. The minimum absolute atomic E-state index is 0.0108. The smallest absolute Gasteiger partial charge is 0.335 e. The molecular formula is C12H14N2O5.